The van der Waals surface area contributed by atoms with Crippen molar-refractivity contribution >= 4 is 12.2 Å². The van der Waals surface area contributed by atoms with E-state index in [1.807, 2.05) is 13.8 Å². The zero-order valence-corrected chi connectivity index (χ0v) is 8.37. The third kappa shape index (κ3) is 2.94. The van der Waals surface area contributed by atoms with Gasteiger partial charge in [-0.25, -0.2) is 19.6 Å². The molecule has 0 N–H and O–H groups in total. The molecule has 0 aliphatic heterocycles. The van der Waals surface area contributed by atoms with Gasteiger partial charge >= 0.3 is 0 Å². The van der Waals surface area contributed by atoms with Crippen LogP contribution in [0.15, 0.2) is 9.98 Å². The number of nitrogens with zero attached hydrogens (tertiary/aromatic N) is 2. The Labute approximate surface area is 77.8 Å². The molecule has 13 heavy (non-hydrogen) atoms. The van der Waals surface area contributed by atoms with E-state index in [2.05, 4.69) is 9.98 Å². The topological polar surface area (TPSA) is 58.9 Å². The van der Waals surface area contributed by atoms with E-state index in [0.717, 1.165) is 0 Å². The van der Waals surface area contributed by atoms with Crippen molar-refractivity contribution in [3.05, 3.63) is 0 Å². The maximum absolute atomic E-state index is 10.0. The summed E-state index contributed by atoms with van der Waals surface area (Å²) in [6.45, 7) is 7.37. The fourth-order valence-corrected chi connectivity index (χ4v) is 0.840. The highest BCUT2D eigenvalue weighted by Gasteiger charge is 2.32. The fourth-order valence-electron chi connectivity index (χ4n) is 0.840. The van der Waals surface area contributed by atoms with Crippen molar-refractivity contribution in [1.29, 1.82) is 0 Å². The Morgan fingerprint density at radius 1 is 1.00 bits per heavy atom. The molecule has 0 fully saturated rings. The standard InChI is InChI=1S/C9H14N2O2/c1-7(10-5-12)9(3,4)8(2)11-6-13/h7-8H,1-4H3. The van der Waals surface area contributed by atoms with Crippen LogP contribution >= 0.6 is 0 Å². The van der Waals surface area contributed by atoms with Gasteiger partial charge in [0, 0.05) is 5.41 Å². The molecule has 0 aromatic carbocycles. The van der Waals surface area contributed by atoms with Crippen molar-refractivity contribution in [1.82, 2.24) is 0 Å². The van der Waals surface area contributed by atoms with Crippen molar-refractivity contribution < 1.29 is 9.59 Å². The van der Waals surface area contributed by atoms with Crippen LogP contribution < -0.4 is 0 Å². The Bertz CT molecular complexity index is 235. The van der Waals surface area contributed by atoms with E-state index in [1.165, 1.54) is 12.2 Å². The van der Waals surface area contributed by atoms with Gasteiger partial charge in [0.2, 0.25) is 12.2 Å². The summed E-state index contributed by atoms with van der Waals surface area (Å²) in [4.78, 5) is 27.3. The fraction of sp³-hybridized carbons (Fsp3) is 0.778. The van der Waals surface area contributed by atoms with Gasteiger partial charge in [0.1, 0.15) is 0 Å². The second-order valence-corrected chi connectivity index (χ2v) is 3.61. The van der Waals surface area contributed by atoms with Crippen LogP contribution in [0, 0.1) is 5.41 Å². The molecule has 0 radical (unpaired) electrons. The van der Waals surface area contributed by atoms with E-state index in [9.17, 15) is 9.59 Å². The number of aliphatic imine (C=N–C) groups is 2. The van der Waals surface area contributed by atoms with Crippen LogP contribution in [0.4, 0.5) is 0 Å². The molecule has 72 valence electrons. The summed E-state index contributed by atoms with van der Waals surface area (Å²) < 4.78 is 0. The molecule has 2 unspecified atom stereocenters. The zero-order valence-electron chi connectivity index (χ0n) is 8.37. The van der Waals surface area contributed by atoms with Crippen LogP contribution in [0.5, 0.6) is 0 Å². The van der Waals surface area contributed by atoms with Gasteiger partial charge < -0.3 is 0 Å². The normalized spacial score (nSPS) is 15.1. The van der Waals surface area contributed by atoms with Crippen LogP contribution in [-0.4, -0.2) is 24.2 Å². The molecular weight excluding hydrogens is 168 g/mol. The second-order valence-electron chi connectivity index (χ2n) is 3.61. The largest absolute Gasteiger partial charge is 0.235 e. The Hall–Kier alpha value is -1.24. The third-order valence-corrected chi connectivity index (χ3v) is 2.65. The third-order valence-electron chi connectivity index (χ3n) is 2.65. The quantitative estimate of drug-likeness (QED) is 0.488. The predicted octanol–water partition coefficient (Wildman–Crippen LogP) is 1.46. The van der Waals surface area contributed by atoms with Crippen molar-refractivity contribution in [2.45, 2.75) is 39.8 Å². The number of hydrogen-bond donors (Lipinski definition) is 0. The average Bonchev–Trinajstić information content (AvgIpc) is 2.05. The van der Waals surface area contributed by atoms with Crippen molar-refractivity contribution in [2.24, 2.45) is 15.4 Å². The Morgan fingerprint density at radius 2 is 1.31 bits per heavy atom. The van der Waals surface area contributed by atoms with Gasteiger partial charge in [-0.2, -0.15) is 0 Å². The summed E-state index contributed by atoms with van der Waals surface area (Å²) >= 11 is 0. The molecule has 4 nitrogen and oxygen atoms in total. The lowest BCUT2D eigenvalue weighted by molar-refractivity contribution is 0.252. The second kappa shape index (κ2) is 4.70. The molecule has 0 spiro atoms. The first-order valence-corrected chi connectivity index (χ1v) is 4.10. The summed E-state index contributed by atoms with van der Waals surface area (Å²) in [7, 11) is 0. The highest BCUT2D eigenvalue weighted by atomic mass is 16.1. The summed E-state index contributed by atoms with van der Waals surface area (Å²) in [6.07, 6.45) is 3.01. The summed E-state index contributed by atoms with van der Waals surface area (Å²) in [5, 5.41) is 0. The highest BCUT2D eigenvalue weighted by Crippen LogP contribution is 2.29. The predicted molar refractivity (Wildman–Crippen MR) is 48.9 cm³/mol. The van der Waals surface area contributed by atoms with Gasteiger partial charge in [0.05, 0.1) is 12.1 Å². The Morgan fingerprint density at radius 3 is 1.54 bits per heavy atom. The smallest absolute Gasteiger partial charge is 0.211 e. The SMILES string of the molecule is CC(N=C=O)C(C)(C)C(C)N=C=O. The van der Waals surface area contributed by atoms with Gasteiger partial charge in [-0.05, 0) is 13.8 Å². The maximum Gasteiger partial charge on any atom is 0.235 e. The van der Waals surface area contributed by atoms with E-state index < -0.39 is 0 Å². The van der Waals surface area contributed by atoms with Crippen LogP contribution in [0.1, 0.15) is 27.7 Å². The number of hydrogen-bond acceptors (Lipinski definition) is 4. The summed E-state index contributed by atoms with van der Waals surface area (Å²) in [5.41, 5.74) is -0.338. The van der Waals surface area contributed by atoms with Crippen LogP contribution in [0.25, 0.3) is 0 Å². The first-order chi connectivity index (χ1) is 5.96. The Kier molecular flexibility index (Phi) is 4.26. The number of rotatable bonds is 4. The summed E-state index contributed by atoms with van der Waals surface area (Å²) in [6, 6.07) is -0.422. The lowest BCUT2D eigenvalue weighted by Crippen LogP contribution is -2.34. The molecule has 0 aliphatic carbocycles. The molecule has 0 saturated heterocycles. The monoisotopic (exact) mass is 182 g/mol. The lowest BCUT2D eigenvalue weighted by atomic mass is 9.79. The van der Waals surface area contributed by atoms with E-state index in [-0.39, 0.29) is 17.5 Å². The van der Waals surface area contributed by atoms with E-state index in [0.29, 0.717) is 0 Å². The molecule has 2 atom stereocenters. The van der Waals surface area contributed by atoms with Crippen molar-refractivity contribution in [3.63, 3.8) is 0 Å². The molecule has 4 heteroatoms. The average molecular weight is 182 g/mol. The molecule has 0 saturated carbocycles. The highest BCUT2D eigenvalue weighted by molar-refractivity contribution is 5.35. The molecule has 0 amide bonds. The van der Waals surface area contributed by atoms with Gasteiger partial charge in [0.15, 0.2) is 0 Å². The minimum absolute atomic E-state index is 0.211. The first-order valence-electron chi connectivity index (χ1n) is 4.10. The molecule has 0 aliphatic rings. The van der Waals surface area contributed by atoms with E-state index in [1.54, 1.807) is 13.8 Å². The molecule has 0 rings (SSSR count). The minimum atomic E-state index is -0.338. The maximum atomic E-state index is 10.0. The molecule has 0 aromatic heterocycles. The van der Waals surface area contributed by atoms with Crippen molar-refractivity contribution in [2.75, 3.05) is 0 Å². The van der Waals surface area contributed by atoms with E-state index >= 15 is 0 Å². The van der Waals surface area contributed by atoms with Gasteiger partial charge in [-0.3, -0.25) is 0 Å². The minimum Gasteiger partial charge on any atom is -0.211 e. The van der Waals surface area contributed by atoms with Gasteiger partial charge in [-0.1, -0.05) is 13.8 Å². The number of isocyanates is 2. The molecule has 0 aromatic rings. The van der Waals surface area contributed by atoms with Crippen LogP contribution in [-0.2, 0) is 9.59 Å². The molecule has 0 bridgehead atoms. The van der Waals surface area contributed by atoms with Gasteiger partial charge in [-0.15, -0.1) is 0 Å². The first kappa shape index (κ1) is 11.8. The van der Waals surface area contributed by atoms with Gasteiger partial charge in [0.25, 0.3) is 0 Å². The molecular formula is C9H14N2O2. The summed E-state index contributed by atoms with van der Waals surface area (Å²) in [5.74, 6) is 0. The zero-order chi connectivity index (χ0) is 10.5. The van der Waals surface area contributed by atoms with E-state index in [4.69, 9.17) is 0 Å². The number of carbonyl (C=O) groups excluding carboxylic acids is 2. The Balaban J connectivity index is 4.71. The van der Waals surface area contributed by atoms with Crippen LogP contribution in [0.2, 0.25) is 0 Å². The van der Waals surface area contributed by atoms with Crippen molar-refractivity contribution in [3.8, 4) is 0 Å². The van der Waals surface area contributed by atoms with Crippen LogP contribution in [0.3, 0.4) is 0 Å². The lowest BCUT2D eigenvalue weighted by Gasteiger charge is -2.30. The molecule has 0 heterocycles.